The number of hydrogen-bond donors (Lipinski definition) is 2. The molecule has 0 radical (unpaired) electrons. The first-order chi connectivity index (χ1) is 14.9. The molecule has 3 aromatic rings. The largest absolute Gasteiger partial charge is 0.322 e. The molecule has 2 atom stereocenters. The van der Waals surface area contributed by atoms with Crippen LogP contribution in [-0.2, 0) is 6.54 Å². The van der Waals surface area contributed by atoms with E-state index in [-0.39, 0.29) is 23.7 Å². The van der Waals surface area contributed by atoms with Crippen molar-refractivity contribution >= 4 is 34.2 Å². The molecule has 0 saturated carbocycles. The fourth-order valence-corrected chi connectivity index (χ4v) is 4.69. The van der Waals surface area contributed by atoms with Crippen LogP contribution in [0.2, 0.25) is 5.02 Å². The maximum atomic E-state index is 13.5. The molecule has 0 spiro atoms. The van der Waals surface area contributed by atoms with Gasteiger partial charge in [0.05, 0.1) is 17.4 Å². The van der Waals surface area contributed by atoms with Gasteiger partial charge in [0.2, 0.25) is 0 Å². The number of hydrogen-bond acceptors (Lipinski definition) is 4. The lowest BCUT2D eigenvalue weighted by atomic mass is 9.88. The number of urea groups is 1. The van der Waals surface area contributed by atoms with Gasteiger partial charge in [-0.05, 0) is 43.2 Å². The predicted octanol–water partition coefficient (Wildman–Crippen LogP) is 3.51. The minimum absolute atomic E-state index is 0.0999. The quantitative estimate of drug-likeness (QED) is 0.651. The number of piperidine rings is 1. The van der Waals surface area contributed by atoms with Gasteiger partial charge in [0.1, 0.15) is 11.6 Å². The van der Waals surface area contributed by atoms with Gasteiger partial charge in [-0.3, -0.25) is 9.69 Å². The number of fused-ring (bicyclic) bond motifs is 3. The molecule has 3 saturated heterocycles. The number of amides is 2. The van der Waals surface area contributed by atoms with E-state index < -0.39 is 5.82 Å². The van der Waals surface area contributed by atoms with Crippen molar-refractivity contribution in [2.45, 2.75) is 32.0 Å². The molecule has 31 heavy (non-hydrogen) atoms. The van der Waals surface area contributed by atoms with E-state index >= 15 is 0 Å². The Balaban J connectivity index is 1.26. The molecule has 3 fully saturated rings. The van der Waals surface area contributed by atoms with E-state index in [1.165, 1.54) is 18.2 Å². The second kappa shape index (κ2) is 7.62. The van der Waals surface area contributed by atoms with Crippen molar-refractivity contribution in [2.24, 2.45) is 0 Å². The summed E-state index contributed by atoms with van der Waals surface area (Å²) in [7, 11) is 0. The average Bonchev–Trinajstić information content (AvgIpc) is 2.70. The summed E-state index contributed by atoms with van der Waals surface area (Å²) in [5.74, 6) is 0.0716. The third-order valence-electron chi connectivity index (χ3n) is 6.04. The highest BCUT2D eigenvalue weighted by atomic mass is 35.5. The Kier molecular flexibility index (Phi) is 4.91. The SMILES string of the molecule is Cc1ccc(Cl)cc1NC(=O)N1C2CC1CN(Cc1nc3cc(F)ccc3c(=O)[nH]1)C2. The van der Waals surface area contributed by atoms with Gasteiger partial charge < -0.3 is 15.2 Å². The summed E-state index contributed by atoms with van der Waals surface area (Å²) >= 11 is 6.05. The third kappa shape index (κ3) is 3.77. The van der Waals surface area contributed by atoms with Gasteiger partial charge >= 0.3 is 6.03 Å². The predicted molar refractivity (Wildman–Crippen MR) is 117 cm³/mol. The first-order valence-electron chi connectivity index (χ1n) is 10.1. The number of nitrogens with zero attached hydrogens (tertiary/aromatic N) is 3. The third-order valence-corrected chi connectivity index (χ3v) is 6.27. The lowest BCUT2D eigenvalue weighted by Gasteiger charge is -2.56. The number of H-pyrrole nitrogens is 1. The second-order valence-electron chi connectivity index (χ2n) is 8.21. The zero-order valence-corrected chi connectivity index (χ0v) is 17.6. The van der Waals surface area contributed by atoms with Crippen molar-refractivity contribution in [3.8, 4) is 0 Å². The smallest absolute Gasteiger partial charge is 0.316 e. The maximum absolute atomic E-state index is 13.5. The average molecular weight is 442 g/mol. The number of halogens is 2. The lowest BCUT2D eigenvalue weighted by Crippen LogP contribution is -2.70. The first-order valence-corrected chi connectivity index (χ1v) is 10.5. The maximum Gasteiger partial charge on any atom is 0.322 e. The number of benzene rings is 2. The summed E-state index contributed by atoms with van der Waals surface area (Å²) in [6.07, 6.45) is 0.950. The number of anilines is 1. The highest BCUT2D eigenvalue weighted by molar-refractivity contribution is 6.31. The van der Waals surface area contributed by atoms with Crippen LogP contribution in [0.3, 0.4) is 0 Å². The zero-order valence-electron chi connectivity index (χ0n) is 16.9. The standard InChI is InChI=1S/C22H21ClFN5O2/c1-12-2-3-13(23)6-18(12)26-22(31)29-15-8-16(29)10-28(9-15)11-20-25-19-7-14(24)4-5-17(19)21(30)27-20/h2-7,15-16H,8-11H2,1H3,(H,26,31)(H,25,27,30). The molecule has 4 heterocycles. The molecule has 9 heteroatoms. The van der Waals surface area contributed by atoms with Crippen LogP contribution in [0.1, 0.15) is 17.8 Å². The molecule has 2 bridgehead atoms. The van der Waals surface area contributed by atoms with Gasteiger partial charge in [-0.1, -0.05) is 17.7 Å². The van der Waals surface area contributed by atoms with Crippen LogP contribution in [0.15, 0.2) is 41.2 Å². The molecule has 160 valence electrons. The Hall–Kier alpha value is -2.97. The molecule has 2 unspecified atom stereocenters. The Bertz CT molecular complexity index is 1230. The van der Waals surface area contributed by atoms with E-state index in [9.17, 15) is 14.0 Å². The highest BCUT2D eigenvalue weighted by Crippen LogP contribution is 2.34. The fraction of sp³-hybridized carbons (Fsp3) is 0.318. The van der Waals surface area contributed by atoms with Gasteiger partial charge in [0, 0.05) is 41.9 Å². The number of aryl methyl sites for hydroxylation is 1. The monoisotopic (exact) mass is 441 g/mol. The van der Waals surface area contributed by atoms with Gasteiger partial charge in [-0.15, -0.1) is 0 Å². The fourth-order valence-electron chi connectivity index (χ4n) is 4.51. The van der Waals surface area contributed by atoms with E-state index in [1.807, 2.05) is 17.9 Å². The molecule has 0 aliphatic carbocycles. The van der Waals surface area contributed by atoms with Gasteiger partial charge in [0.25, 0.3) is 5.56 Å². The molecule has 1 aromatic heterocycles. The van der Waals surface area contributed by atoms with Crippen molar-refractivity contribution in [2.75, 3.05) is 18.4 Å². The summed E-state index contributed by atoms with van der Waals surface area (Å²) in [6.45, 7) is 3.73. The van der Waals surface area contributed by atoms with E-state index in [4.69, 9.17) is 11.6 Å². The number of carbonyl (C=O) groups excluding carboxylic acids is 1. The Morgan fingerprint density at radius 3 is 2.81 bits per heavy atom. The van der Waals surface area contributed by atoms with E-state index in [0.29, 0.717) is 47.1 Å². The van der Waals surface area contributed by atoms with Crippen molar-refractivity contribution in [1.82, 2.24) is 19.8 Å². The van der Waals surface area contributed by atoms with Crippen LogP contribution in [0.25, 0.3) is 10.9 Å². The summed E-state index contributed by atoms with van der Waals surface area (Å²) in [5, 5.41) is 3.91. The molecule has 2 N–H and O–H groups in total. The van der Waals surface area contributed by atoms with Gasteiger partial charge in [0.15, 0.2) is 0 Å². The Morgan fingerprint density at radius 1 is 1.26 bits per heavy atom. The highest BCUT2D eigenvalue weighted by Gasteiger charge is 2.47. The molecule has 2 amide bonds. The van der Waals surface area contributed by atoms with Crippen LogP contribution in [0.5, 0.6) is 0 Å². The second-order valence-corrected chi connectivity index (χ2v) is 8.64. The van der Waals surface area contributed by atoms with Crippen LogP contribution >= 0.6 is 11.6 Å². The van der Waals surface area contributed by atoms with Gasteiger partial charge in [-0.2, -0.15) is 0 Å². The molecule has 2 aromatic carbocycles. The van der Waals surface area contributed by atoms with Crippen LogP contribution in [-0.4, -0.2) is 51.0 Å². The minimum atomic E-state index is -0.424. The lowest BCUT2D eigenvalue weighted by molar-refractivity contribution is -0.0360. The van der Waals surface area contributed by atoms with Crippen LogP contribution in [0, 0.1) is 12.7 Å². The number of aromatic amines is 1. The number of nitrogens with one attached hydrogen (secondary N) is 2. The number of piperazine rings is 1. The van der Waals surface area contributed by atoms with E-state index in [2.05, 4.69) is 20.2 Å². The van der Waals surface area contributed by atoms with Crippen molar-refractivity contribution < 1.29 is 9.18 Å². The van der Waals surface area contributed by atoms with Crippen LogP contribution in [0.4, 0.5) is 14.9 Å². The first kappa shape index (κ1) is 20.0. The number of rotatable bonds is 3. The molecule has 7 nitrogen and oxygen atoms in total. The summed E-state index contributed by atoms with van der Waals surface area (Å²) < 4.78 is 13.5. The zero-order chi connectivity index (χ0) is 21.7. The molecular formula is C22H21ClFN5O2. The molecule has 3 aliphatic heterocycles. The minimum Gasteiger partial charge on any atom is -0.316 e. The van der Waals surface area contributed by atoms with Crippen molar-refractivity contribution in [3.63, 3.8) is 0 Å². The van der Waals surface area contributed by atoms with E-state index in [1.54, 1.807) is 12.1 Å². The number of aromatic nitrogens is 2. The Morgan fingerprint density at radius 2 is 2.03 bits per heavy atom. The summed E-state index contributed by atoms with van der Waals surface area (Å²) in [5.41, 5.74) is 1.73. The van der Waals surface area contributed by atoms with Gasteiger partial charge in [-0.25, -0.2) is 14.2 Å². The topological polar surface area (TPSA) is 81.3 Å². The van der Waals surface area contributed by atoms with Crippen molar-refractivity contribution in [1.29, 1.82) is 0 Å². The van der Waals surface area contributed by atoms with Crippen molar-refractivity contribution in [3.05, 3.63) is 69.0 Å². The number of carbonyl (C=O) groups is 1. The molecule has 3 aliphatic rings. The normalized spacial score (nSPS) is 20.5. The molecule has 6 rings (SSSR count). The Labute approximate surface area is 182 Å². The molecular weight excluding hydrogens is 421 g/mol. The van der Waals surface area contributed by atoms with Crippen LogP contribution < -0.4 is 10.9 Å². The summed E-state index contributed by atoms with van der Waals surface area (Å²) in [6, 6.07) is 9.45. The summed E-state index contributed by atoms with van der Waals surface area (Å²) in [4.78, 5) is 36.3. The van der Waals surface area contributed by atoms with E-state index in [0.717, 1.165) is 12.0 Å².